The topological polar surface area (TPSA) is 84.6 Å². The van der Waals surface area contributed by atoms with Gasteiger partial charge in [0, 0.05) is 38.4 Å². The lowest BCUT2D eigenvalue weighted by Crippen LogP contribution is -2.47. The summed E-state index contributed by atoms with van der Waals surface area (Å²) in [5.41, 5.74) is 0.887. The Kier molecular flexibility index (Phi) is 6.30. The number of aromatic nitrogens is 3. The second-order valence-electron chi connectivity index (χ2n) is 6.13. The Balaban J connectivity index is 1.82. The molecule has 0 aromatic carbocycles. The van der Waals surface area contributed by atoms with Crippen LogP contribution in [0.1, 0.15) is 37.2 Å². The Morgan fingerprint density at radius 3 is 2.65 bits per heavy atom. The molecule has 0 aliphatic carbocycles. The van der Waals surface area contributed by atoms with Crippen LogP contribution < -0.4 is 0 Å². The summed E-state index contributed by atoms with van der Waals surface area (Å²) in [4.78, 5) is 21.5. The molecule has 26 heavy (non-hydrogen) atoms. The van der Waals surface area contributed by atoms with Gasteiger partial charge >= 0.3 is 0 Å². The van der Waals surface area contributed by atoms with E-state index in [0.29, 0.717) is 57.6 Å². The molecule has 0 bridgehead atoms. The van der Waals surface area contributed by atoms with Crippen LogP contribution in [0.4, 0.5) is 0 Å². The van der Waals surface area contributed by atoms with Crippen LogP contribution in [0.25, 0.3) is 0 Å². The van der Waals surface area contributed by atoms with Gasteiger partial charge in [-0.3, -0.25) is 14.7 Å². The van der Waals surface area contributed by atoms with Crippen LogP contribution in [0.15, 0.2) is 28.9 Å². The Bertz CT molecular complexity index is 700. The Labute approximate surface area is 153 Å². The third-order valence-corrected chi connectivity index (χ3v) is 4.48. The number of pyridine rings is 1. The number of aryl methyl sites for hydroxylation is 1. The minimum absolute atomic E-state index is 0.0126. The van der Waals surface area contributed by atoms with E-state index >= 15 is 0 Å². The van der Waals surface area contributed by atoms with Gasteiger partial charge in [-0.2, -0.15) is 0 Å². The van der Waals surface area contributed by atoms with E-state index in [0.717, 1.165) is 5.56 Å². The monoisotopic (exact) mass is 359 g/mol. The van der Waals surface area contributed by atoms with E-state index < -0.39 is 0 Å². The number of hydrogen-bond donors (Lipinski definition) is 0. The van der Waals surface area contributed by atoms with Crippen LogP contribution in [0, 0.1) is 0 Å². The normalized spacial score (nSPS) is 16.4. The van der Waals surface area contributed by atoms with Crippen molar-refractivity contribution in [2.75, 3.05) is 32.8 Å². The summed E-state index contributed by atoms with van der Waals surface area (Å²) >= 11 is 0. The van der Waals surface area contributed by atoms with Gasteiger partial charge in [0.25, 0.3) is 0 Å². The number of likely N-dealkylation sites (N-methyl/N-ethyl adjacent to an activating group) is 1. The molecule has 1 fully saturated rings. The third kappa shape index (κ3) is 4.25. The number of morpholine rings is 1. The summed E-state index contributed by atoms with van der Waals surface area (Å²) in [5, 5.41) is 8.03. The molecule has 8 heteroatoms. The Morgan fingerprint density at radius 2 is 2.04 bits per heavy atom. The largest absolute Gasteiger partial charge is 0.423 e. The van der Waals surface area contributed by atoms with Crippen molar-refractivity contribution < 1.29 is 13.9 Å². The highest BCUT2D eigenvalue weighted by molar-refractivity contribution is 5.83. The highest BCUT2D eigenvalue weighted by atomic mass is 16.5. The zero-order valence-corrected chi connectivity index (χ0v) is 15.3. The molecule has 1 amide bonds. The van der Waals surface area contributed by atoms with Gasteiger partial charge in [0.1, 0.15) is 6.04 Å². The number of carbonyl (C=O) groups is 1. The van der Waals surface area contributed by atoms with Crippen molar-refractivity contribution in [3.8, 4) is 0 Å². The molecule has 0 spiro atoms. The number of carbonyl (C=O) groups excluding carboxylic acids is 1. The average Bonchev–Trinajstić information content (AvgIpc) is 3.15. The van der Waals surface area contributed by atoms with Gasteiger partial charge in [0.15, 0.2) is 0 Å². The molecular formula is C18H25N5O3. The van der Waals surface area contributed by atoms with Gasteiger partial charge < -0.3 is 14.1 Å². The predicted molar refractivity (Wildman–Crippen MR) is 94.1 cm³/mol. The van der Waals surface area contributed by atoms with E-state index in [1.165, 1.54) is 0 Å². The number of ether oxygens (including phenoxy) is 1. The maximum atomic E-state index is 13.4. The molecule has 1 saturated heterocycles. The highest BCUT2D eigenvalue weighted by Crippen LogP contribution is 2.24. The summed E-state index contributed by atoms with van der Waals surface area (Å²) < 4.78 is 11.0. The fourth-order valence-corrected chi connectivity index (χ4v) is 3.06. The first-order valence-corrected chi connectivity index (χ1v) is 9.04. The zero-order valence-electron chi connectivity index (χ0n) is 15.3. The predicted octanol–water partition coefficient (Wildman–Crippen LogP) is 1.45. The summed E-state index contributed by atoms with van der Waals surface area (Å²) in [6.45, 7) is 7.45. The van der Waals surface area contributed by atoms with Gasteiger partial charge in [-0.05, 0) is 18.6 Å². The van der Waals surface area contributed by atoms with E-state index in [1.807, 2.05) is 26.0 Å². The van der Waals surface area contributed by atoms with Crippen molar-refractivity contribution in [2.24, 2.45) is 0 Å². The molecule has 0 unspecified atom stereocenters. The fourth-order valence-electron chi connectivity index (χ4n) is 3.06. The van der Waals surface area contributed by atoms with E-state index in [-0.39, 0.29) is 11.9 Å². The summed E-state index contributed by atoms with van der Waals surface area (Å²) in [5.74, 6) is 1.06. The molecule has 1 aliphatic heterocycles. The molecule has 2 aromatic rings. The van der Waals surface area contributed by atoms with Gasteiger partial charge in [-0.15, -0.1) is 10.2 Å². The van der Waals surface area contributed by atoms with Crippen LogP contribution in [0.2, 0.25) is 0 Å². The van der Waals surface area contributed by atoms with Gasteiger partial charge in [0.05, 0.1) is 19.8 Å². The molecule has 0 saturated carbocycles. The second-order valence-corrected chi connectivity index (χ2v) is 6.13. The van der Waals surface area contributed by atoms with Crippen molar-refractivity contribution in [2.45, 2.75) is 32.9 Å². The van der Waals surface area contributed by atoms with Crippen LogP contribution in [0.5, 0.6) is 0 Å². The molecule has 0 N–H and O–H groups in total. The molecule has 1 atom stereocenters. The lowest BCUT2D eigenvalue weighted by molar-refractivity contribution is -0.140. The van der Waals surface area contributed by atoms with Crippen molar-refractivity contribution in [3.05, 3.63) is 41.9 Å². The smallest absolute Gasteiger partial charge is 0.245 e. The molecule has 0 radical (unpaired) electrons. The SMILES string of the molecule is CCc1nnc(CN(CC)C(=O)[C@@H](c2cccnc2)N2CCOCC2)o1. The van der Waals surface area contributed by atoms with Gasteiger partial charge in [0.2, 0.25) is 17.7 Å². The minimum atomic E-state index is -0.388. The highest BCUT2D eigenvalue weighted by Gasteiger charge is 2.32. The molecule has 3 heterocycles. The summed E-state index contributed by atoms with van der Waals surface area (Å²) in [6, 6.07) is 3.42. The maximum absolute atomic E-state index is 13.4. The zero-order chi connectivity index (χ0) is 18.4. The molecule has 2 aromatic heterocycles. The van der Waals surface area contributed by atoms with Crippen molar-refractivity contribution in [1.29, 1.82) is 0 Å². The molecule has 140 valence electrons. The number of amides is 1. The quantitative estimate of drug-likeness (QED) is 0.740. The Morgan fingerprint density at radius 1 is 1.27 bits per heavy atom. The van der Waals surface area contributed by atoms with Gasteiger partial charge in [-0.25, -0.2) is 0 Å². The van der Waals surface area contributed by atoms with Crippen LogP contribution in [-0.2, 0) is 22.5 Å². The van der Waals surface area contributed by atoms with Crippen LogP contribution in [0.3, 0.4) is 0 Å². The first-order chi connectivity index (χ1) is 12.7. The van der Waals surface area contributed by atoms with E-state index in [4.69, 9.17) is 9.15 Å². The maximum Gasteiger partial charge on any atom is 0.245 e. The Hall–Kier alpha value is -2.32. The van der Waals surface area contributed by atoms with E-state index in [1.54, 1.807) is 17.3 Å². The number of nitrogens with zero attached hydrogens (tertiary/aromatic N) is 5. The van der Waals surface area contributed by atoms with Gasteiger partial charge in [-0.1, -0.05) is 13.0 Å². The fraction of sp³-hybridized carbons (Fsp3) is 0.556. The summed E-state index contributed by atoms with van der Waals surface area (Å²) in [6.07, 6.45) is 4.15. The van der Waals surface area contributed by atoms with Crippen molar-refractivity contribution >= 4 is 5.91 Å². The summed E-state index contributed by atoms with van der Waals surface area (Å²) in [7, 11) is 0. The first-order valence-electron chi connectivity index (χ1n) is 9.04. The first kappa shape index (κ1) is 18.5. The van der Waals surface area contributed by atoms with E-state index in [2.05, 4.69) is 20.1 Å². The molecule has 3 rings (SSSR count). The molecule has 8 nitrogen and oxygen atoms in total. The van der Waals surface area contributed by atoms with Crippen molar-refractivity contribution in [3.63, 3.8) is 0 Å². The second kappa shape index (κ2) is 8.86. The lowest BCUT2D eigenvalue weighted by Gasteiger charge is -2.36. The minimum Gasteiger partial charge on any atom is -0.423 e. The number of rotatable bonds is 7. The average molecular weight is 359 g/mol. The van der Waals surface area contributed by atoms with Crippen LogP contribution >= 0.6 is 0 Å². The lowest BCUT2D eigenvalue weighted by atomic mass is 10.1. The van der Waals surface area contributed by atoms with Crippen LogP contribution in [-0.4, -0.2) is 63.7 Å². The number of hydrogen-bond acceptors (Lipinski definition) is 7. The standard InChI is InChI=1S/C18H25N5O3/c1-3-15-20-21-16(26-15)13-22(4-2)18(24)17(14-6-5-7-19-12-14)23-8-10-25-11-9-23/h5-7,12,17H,3-4,8-11,13H2,1-2H3/t17-/m1/s1. The third-order valence-electron chi connectivity index (χ3n) is 4.48. The molecule has 1 aliphatic rings. The molecular weight excluding hydrogens is 334 g/mol. The van der Waals surface area contributed by atoms with E-state index in [9.17, 15) is 4.79 Å². The van der Waals surface area contributed by atoms with Crippen molar-refractivity contribution in [1.82, 2.24) is 25.0 Å².